The van der Waals surface area contributed by atoms with E-state index in [1.165, 1.54) is 24.0 Å². The first-order chi connectivity index (χ1) is 10.7. The van der Waals surface area contributed by atoms with E-state index in [-0.39, 0.29) is 0 Å². The fraction of sp³-hybridized carbons (Fsp3) is 0.450. The average Bonchev–Trinajstić information content (AvgIpc) is 2.49. The third-order valence-corrected chi connectivity index (χ3v) is 3.76. The Kier molecular flexibility index (Phi) is 6.45. The molecular weight excluding hydrogens is 270 g/mol. The SMILES string of the molecule is CCCc1ccc[n+](Oc2ccc(CCCC(C)C)cc2)c1. The molecule has 0 N–H and O–H groups in total. The molecule has 2 rings (SSSR count). The third-order valence-electron chi connectivity index (χ3n) is 3.76. The third kappa shape index (κ3) is 5.51. The van der Waals surface area contributed by atoms with Gasteiger partial charge < -0.3 is 0 Å². The molecule has 2 heteroatoms. The van der Waals surface area contributed by atoms with Crippen molar-refractivity contribution in [1.82, 2.24) is 0 Å². The van der Waals surface area contributed by atoms with Gasteiger partial charge in [0.1, 0.15) is 0 Å². The van der Waals surface area contributed by atoms with E-state index in [4.69, 9.17) is 4.84 Å². The highest BCUT2D eigenvalue weighted by Crippen LogP contribution is 2.14. The monoisotopic (exact) mass is 298 g/mol. The van der Waals surface area contributed by atoms with Crippen LogP contribution in [-0.2, 0) is 12.8 Å². The summed E-state index contributed by atoms with van der Waals surface area (Å²) < 4.78 is 1.79. The van der Waals surface area contributed by atoms with Gasteiger partial charge in [0.05, 0.1) is 0 Å². The quantitative estimate of drug-likeness (QED) is 0.641. The van der Waals surface area contributed by atoms with Crippen LogP contribution >= 0.6 is 0 Å². The Morgan fingerprint density at radius 3 is 2.45 bits per heavy atom. The lowest BCUT2D eigenvalue weighted by Gasteiger charge is -2.05. The topological polar surface area (TPSA) is 13.1 Å². The normalized spacial score (nSPS) is 10.9. The number of rotatable bonds is 8. The van der Waals surface area contributed by atoms with Gasteiger partial charge in [-0.3, -0.25) is 0 Å². The van der Waals surface area contributed by atoms with Gasteiger partial charge >= 0.3 is 0 Å². The van der Waals surface area contributed by atoms with Crippen LogP contribution in [0.25, 0.3) is 0 Å². The molecule has 0 bridgehead atoms. The van der Waals surface area contributed by atoms with Crippen molar-refractivity contribution < 1.29 is 9.57 Å². The Morgan fingerprint density at radius 2 is 1.77 bits per heavy atom. The summed E-state index contributed by atoms with van der Waals surface area (Å²) in [7, 11) is 0. The van der Waals surface area contributed by atoms with E-state index in [9.17, 15) is 0 Å². The van der Waals surface area contributed by atoms with Crippen LogP contribution in [0.1, 0.15) is 51.2 Å². The zero-order valence-electron chi connectivity index (χ0n) is 14.1. The van der Waals surface area contributed by atoms with Crippen molar-refractivity contribution in [3.8, 4) is 5.75 Å². The fourth-order valence-corrected chi connectivity index (χ4v) is 2.55. The van der Waals surface area contributed by atoms with Gasteiger partial charge in [0.2, 0.25) is 18.1 Å². The minimum absolute atomic E-state index is 0.786. The molecule has 0 saturated carbocycles. The fourth-order valence-electron chi connectivity index (χ4n) is 2.55. The molecule has 0 aliphatic carbocycles. The van der Waals surface area contributed by atoms with Crippen LogP contribution in [0.4, 0.5) is 0 Å². The van der Waals surface area contributed by atoms with Crippen molar-refractivity contribution in [3.05, 3.63) is 59.9 Å². The molecule has 22 heavy (non-hydrogen) atoms. The average molecular weight is 298 g/mol. The summed E-state index contributed by atoms with van der Waals surface area (Å²) in [5.74, 6) is 1.67. The number of pyridine rings is 1. The van der Waals surface area contributed by atoms with Crippen molar-refractivity contribution in [3.63, 3.8) is 0 Å². The second kappa shape index (κ2) is 8.57. The maximum atomic E-state index is 5.88. The summed E-state index contributed by atoms with van der Waals surface area (Å²) in [5, 5.41) is 0. The molecule has 0 unspecified atom stereocenters. The van der Waals surface area contributed by atoms with Gasteiger partial charge in [-0.25, -0.2) is 4.84 Å². The van der Waals surface area contributed by atoms with E-state index in [2.05, 4.69) is 57.3 Å². The van der Waals surface area contributed by atoms with Gasteiger partial charge in [0.15, 0.2) is 0 Å². The minimum atomic E-state index is 0.786. The summed E-state index contributed by atoms with van der Waals surface area (Å²) >= 11 is 0. The predicted molar refractivity (Wildman–Crippen MR) is 90.9 cm³/mol. The van der Waals surface area contributed by atoms with Crippen LogP contribution in [0.3, 0.4) is 0 Å². The Balaban J connectivity index is 1.92. The lowest BCUT2D eigenvalue weighted by molar-refractivity contribution is -0.875. The lowest BCUT2D eigenvalue weighted by Crippen LogP contribution is -2.39. The first-order valence-corrected chi connectivity index (χ1v) is 8.45. The maximum Gasteiger partial charge on any atom is 0.226 e. The van der Waals surface area contributed by atoms with Gasteiger partial charge in [-0.15, -0.1) is 0 Å². The molecule has 0 aliphatic rings. The highest BCUT2D eigenvalue weighted by atomic mass is 16.7. The van der Waals surface area contributed by atoms with Crippen LogP contribution in [0.15, 0.2) is 48.8 Å². The maximum absolute atomic E-state index is 5.88. The van der Waals surface area contributed by atoms with Crippen molar-refractivity contribution in [1.29, 1.82) is 0 Å². The highest BCUT2D eigenvalue weighted by Gasteiger charge is 2.06. The molecule has 2 nitrogen and oxygen atoms in total. The Hall–Kier alpha value is -1.83. The van der Waals surface area contributed by atoms with E-state index in [1.807, 2.05) is 12.3 Å². The smallest absolute Gasteiger partial charge is 0.226 e. The number of hydrogen-bond donors (Lipinski definition) is 0. The second-order valence-corrected chi connectivity index (χ2v) is 6.34. The summed E-state index contributed by atoms with van der Waals surface area (Å²) in [6.45, 7) is 6.75. The summed E-state index contributed by atoms with van der Waals surface area (Å²) in [5.41, 5.74) is 2.69. The Bertz CT molecular complexity index is 560. The van der Waals surface area contributed by atoms with Crippen molar-refractivity contribution in [2.75, 3.05) is 0 Å². The lowest BCUT2D eigenvalue weighted by atomic mass is 10.0. The number of aryl methyl sites for hydroxylation is 2. The molecule has 0 saturated heterocycles. The predicted octanol–water partition coefficient (Wildman–Crippen LogP) is 4.75. The van der Waals surface area contributed by atoms with Gasteiger partial charge in [0.25, 0.3) is 0 Å². The summed E-state index contributed by atoms with van der Waals surface area (Å²) in [4.78, 5) is 5.88. The molecule has 0 amide bonds. The van der Waals surface area contributed by atoms with E-state index < -0.39 is 0 Å². The largest absolute Gasteiger partial charge is 0.232 e. The minimum Gasteiger partial charge on any atom is -0.232 e. The zero-order valence-corrected chi connectivity index (χ0v) is 14.1. The van der Waals surface area contributed by atoms with Crippen LogP contribution in [0.2, 0.25) is 0 Å². The molecule has 0 radical (unpaired) electrons. The van der Waals surface area contributed by atoms with E-state index >= 15 is 0 Å². The molecule has 0 spiro atoms. The Labute approximate surface area is 134 Å². The molecule has 0 aliphatic heterocycles. The van der Waals surface area contributed by atoms with E-state index in [0.29, 0.717) is 0 Å². The standard InChI is InChI=1S/C20H28NO/c1-4-7-19-10-6-15-21(16-19)22-20-13-11-18(12-14-20)9-5-8-17(2)3/h6,10-17H,4-5,7-9H2,1-3H3/q+1. The van der Waals surface area contributed by atoms with Crippen LogP contribution in [0.5, 0.6) is 5.75 Å². The van der Waals surface area contributed by atoms with Gasteiger partial charge in [-0.2, -0.15) is 0 Å². The van der Waals surface area contributed by atoms with Crippen LogP contribution < -0.4 is 9.57 Å². The Morgan fingerprint density at radius 1 is 1.00 bits per heavy atom. The number of aromatic nitrogens is 1. The molecule has 1 aromatic heterocycles. The number of benzene rings is 1. The van der Waals surface area contributed by atoms with Gasteiger partial charge in [-0.05, 0) is 48.9 Å². The molecule has 0 fully saturated rings. The molecule has 1 aromatic carbocycles. The van der Waals surface area contributed by atoms with Crippen molar-refractivity contribution in [2.24, 2.45) is 5.92 Å². The van der Waals surface area contributed by atoms with Crippen molar-refractivity contribution >= 4 is 0 Å². The van der Waals surface area contributed by atoms with Crippen LogP contribution in [-0.4, -0.2) is 0 Å². The molecular formula is C20H28NO+. The van der Waals surface area contributed by atoms with Gasteiger partial charge in [0, 0.05) is 16.4 Å². The molecule has 0 atom stereocenters. The number of hydrogen-bond acceptors (Lipinski definition) is 1. The zero-order chi connectivity index (χ0) is 15.8. The molecule has 1 heterocycles. The summed E-state index contributed by atoms with van der Waals surface area (Å²) in [6.07, 6.45) is 9.92. The second-order valence-electron chi connectivity index (χ2n) is 6.34. The number of nitrogens with zero attached hydrogens (tertiary/aromatic N) is 1. The first-order valence-electron chi connectivity index (χ1n) is 8.45. The molecule has 118 valence electrons. The highest BCUT2D eigenvalue weighted by molar-refractivity contribution is 5.26. The van der Waals surface area contributed by atoms with Gasteiger partial charge in [-0.1, -0.05) is 45.7 Å². The van der Waals surface area contributed by atoms with E-state index in [1.54, 1.807) is 4.73 Å². The van der Waals surface area contributed by atoms with Crippen LogP contribution in [0, 0.1) is 5.92 Å². The first kappa shape index (κ1) is 16.5. The van der Waals surface area contributed by atoms with Crippen molar-refractivity contribution in [2.45, 2.75) is 52.9 Å². The summed E-state index contributed by atoms with van der Waals surface area (Å²) in [6, 6.07) is 12.6. The van der Waals surface area contributed by atoms with E-state index in [0.717, 1.165) is 30.9 Å². The molecule has 2 aromatic rings.